The van der Waals surface area contributed by atoms with Crippen molar-refractivity contribution in [2.24, 2.45) is 11.8 Å². The van der Waals surface area contributed by atoms with E-state index in [1.54, 1.807) is 20.0 Å². The molecule has 2 rings (SSSR count). The van der Waals surface area contributed by atoms with Crippen molar-refractivity contribution < 1.29 is 48.6 Å². The Morgan fingerprint density at radius 3 is 1.57 bits per heavy atom. The van der Waals surface area contributed by atoms with Gasteiger partial charge in [-0.2, -0.15) is 0 Å². The van der Waals surface area contributed by atoms with Gasteiger partial charge in [0.15, 0.2) is 5.78 Å². The predicted octanol–water partition coefficient (Wildman–Crippen LogP) is 5.66. The standard InChI is InChI=1S/C51H83N7O10/c1-9-10-11-12-13-14-15-16-17-18-19-20-21-26-44(61)54-43(29-37-31-52-39-25-23-22-24-38(37)39)50(67)58-46(36(8)60)51(68)57-41(27-32(2)3)48(65)53-34(6)47(64)56-42(28-33(4)5)49(66)55-40(35(7)59)30-45(62)63/h22-25,31-34,36,40-43,46,52,60H,9-21,26-30H2,1-8H3,(H,53,65)(H,54,61)(H,55,66)(H,56,64)(H,57,68)(H,58,67)(H,62,63)/t34-,36+,40-,41-,42-,43-,46-/m0/s1. The Morgan fingerprint density at radius 2 is 1.06 bits per heavy atom. The zero-order valence-corrected chi connectivity index (χ0v) is 42.0. The van der Waals surface area contributed by atoms with Crippen LogP contribution in [0.15, 0.2) is 30.5 Å². The molecular formula is C51H83N7O10. The van der Waals surface area contributed by atoms with Gasteiger partial charge in [0, 0.05) is 29.9 Å². The van der Waals surface area contributed by atoms with E-state index >= 15 is 0 Å². The number of carbonyl (C=O) groups excluding carboxylic acids is 7. The zero-order chi connectivity index (χ0) is 50.8. The molecule has 6 amide bonds. The minimum atomic E-state index is -1.54. The van der Waals surface area contributed by atoms with Crippen LogP contribution in [-0.4, -0.2) is 105 Å². The topological polar surface area (TPSA) is 265 Å². The highest BCUT2D eigenvalue weighted by Gasteiger charge is 2.34. The number of hydrogen-bond acceptors (Lipinski definition) is 9. The number of Topliss-reactive ketones (excluding diaryl/α,β-unsaturated/α-hetero) is 1. The molecule has 0 spiro atoms. The molecule has 0 aliphatic rings. The summed E-state index contributed by atoms with van der Waals surface area (Å²) in [5.41, 5.74) is 1.61. The van der Waals surface area contributed by atoms with Crippen LogP contribution in [0.2, 0.25) is 0 Å². The Bertz CT molecular complexity index is 1910. The molecule has 382 valence electrons. The van der Waals surface area contributed by atoms with Crippen molar-refractivity contribution in [2.45, 2.75) is 213 Å². The molecule has 0 unspecified atom stereocenters. The number of nitrogens with one attached hydrogen (secondary N) is 7. The highest BCUT2D eigenvalue weighted by Crippen LogP contribution is 2.20. The number of carboxylic acids is 1. The summed E-state index contributed by atoms with van der Waals surface area (Å²) in [5, 5.41) is 36.6. The molecule has 0 radical (unpaired) electrons. The van der Waals surface area contributed by atoms with E-state index in [1.165, 1.54) is 71.6 Å². The van der Waals surface area contributed by atoms with E-state index in [0.717, 1.165) is 42.7 Å². The largest absolute Gasteiger partial charge is 0.481 e. The number of aliphatic carboxylic acids is 1. The van der Waals surface area contributed by atoms with Gasteiger partial charge in [0.2, 0.25) is 35.4 Å². The first-order valence-electron chi connectivity index (χ1n) is 25.0. The van der Waals surface area contributed by atoms with Gasteiger partial charge in [-0.1, -0.05) is 130 Å². The number of fused-ring (bicyclic) bond motifs is 1. The fourth-order valence-electron chi connectivity index (χ4n) is 8.05. The highest BCUT2D eigenvalue weighted by atomic mass is 16.4. The molecule has 0 saturated heterocycles. The van der Waals surface area contributed by atoms with E-state index in [-0.39, 0.29) is 43.4 Å². The highest BCUT2D eigenvalue weighted by molar-refractivity contribution is 5.97. The number of amides is 6. The number of carbonyl (C=O) groups is 8. The number of aromatic nitrogens is 1. The van der Waals surface area contributed by atoms with Crippen molar-refractivity contribution in [1.82, 2.24) is 36.9 Å². The van der Waals surface area contributed by atoms with Gasteiger partial charge in [-0.15, -0.1) is 0 Å². The van der Waals surface area contributed by atoms with E-state index < -0.39 is 90.1 Å². The minimum Gasteiger partial charge on any atom is -0.481 e. The average Bonchev–Trinajstić information content (AvgIpc) is 3.67. The second-order valence-corrected chi connectivity index (χ2v) is 19.3. The Balaban J connectivity index is 2.13. The molecule has 9 N–H and O–H groups in total. The van der Waals surface area contributed by atoms with Gasteiger partial charge >= 0.3 is 5.97 Å². The van der Waals surface area contributed by atoms with Crippen LogP contribution in [0, 0.1) is 11.8 Å². The molecule has 0 aliphatic carbocycles. The summed E-state index contributed by atoms with van der Waals surface area (Å²) >= 11 is 0. The van der Waals surface area contributed by atoms with Crippen LogP contribution in [0.1, 0.15) is 170 Å². The number of aromatic amines is 1. The predicted molar refractivity (Wildman–Crippen MR) is 263 cm³/mol. The summed E-state index contributed by atoms with van der Waals surface area (Å²) in [7, 11) is 0. The molecule has 0 fully saturated rings. The SMILES string of the molecule is CCCCCCCCCCCCCCCC(=O)N[C@@H](Cc1c[nH]c2ccccc12)C(=O)N[C@H](C(=O)N[C@@H](CC(C)C)C(=O)N[C@@H](C)C(=O)N[C@@H](CC(C)C)C(=O)N[C@@H](CC(=O)O)C(C)=O)[C@@H](C)O. The Kier molecular flexibility index (Phi) is 27.4. The van der Waals surface area contributed by atoms with E-state index in [9.17, 15) is 48.6 Å². The number of aliphatic hydroxyl groups is 1. The van der Waals surface area contributed by atoms with Crippen LogP contribution in [0.3, 0.4) is 0 Å². The maximum atomic E-state index is 14.1. The summed E-state index contributed by atoms with van der Waals surface area (Å²) in [5.74, 6) is -6.25. The third-order valence-corrected chi connectivity index (χ3v) is 11.9. The second kappa shape index (κ2) is 31.7. The second-order valence-electron chi connectivity index (χ2n) is 19.3. The van der Waals surface area contributed by atoms with Crippen LogP contribution in [-0.2, 0) is 44.8 Å². The number of para-hydroxylation sites is 1. The number of carboxylic acid groups (broad SMARTS) is 1. The molecule has 2 aromatic rings. The normalized spacial score (nSPS) is 14.5. The Hall–Kier alpha value is -5.32. The van der Waals surface area contributed by atoms with Crippen LogP contribution >= 0.6 is 0 Å². The monoisotopic (exact) mass is 954 g/mol. The van der Waals surface area contributed by atoms with Crippen molar-refractivity contribution in [3.63, 3.8) is 0 Å². The number of unbranched alkanes of at least 4 members (excludes halogenated alkanes) is 12. The van der Waals surface area contributed by atoms with Gasteiger partial charge in [0.1, 0.15) is 30.2 Å². The summed E-state index contributed by atoms with van der Waals surface area (Å²) in [4.78, 5) is 108. The molecule has 1 aromatic carbocycles. The van der Waals surface area contributed by atoms with Crippen LogP contribution in [0.4, 0.5) is 0 Å². The molecule has 68 heavy (non-hydrogen) atoms. The first-order chi connectivity index (χ1) is 32.2. The van der Waals surface area contributed by atoms with Crippen molar-refractivity contribution in [1.29, 1.82) is 0 Å². The van der Waals surface area contributed by atoms with Crippen molar-refractivity contribution in [3.05, 3.63) is 36.0 Å². The summed E-state index contributed by atoms with van der Waals surface area (Å²) in [6, 6.07) is -0.0173. The summed E-state index contributed by atoms with van der Waals surface area (Å²) in [6.07, 6.45) is 15.4. The van der Waals surface area contributed by atoms with Gasteiger partial charge in [0.05, 0.1) is 18.6 Å². The minimum absolute atomic E-state index is 0.0893. The van der Waals surface area contributed by atoms with Gasteiger partial charge in [-0.3, -0.25) is 38.4 Å². The first kappa shape index (κ1) is 58.8. The van der Waals surface area contributed by atoms with Crippen molar-refractivity contribution in [2.75, 3.05) is 0 Å². The lowest BCUT2D eigenvalue weighted by atomic mass is 10.0. The molecule has 1 aromatic heterocycles. The lowest BCUT2D eigenvalue weighted by Crippen LogP contribution is -2.61. The van der Waals surface area contributed by atoms with Crippen LogP contribution in [0.25, 0.3) is 10.9 Å². The smallest absolute Gasteiger partial charge is 0.305 e. The fourth-order valence-corrected chi connectivity index (χ4v) is 8.05. The van der Waals surface area contributed by atoms with Crippen LogP contribution < -0.4 is 31.9 Å². The molecule has 7 atom stereocenters. The summed E-state index contributed by atoms with van der Waals surface area (Å²) in [6.45, 7) is 13.3. The third kappa shape index (κ3) is 22.7. The van der Waals surface area contributed by atoms with E-state index in [0.29, 0.717) is 6.42 Å². The van der Waals surface area contributed by atoms with Gasteiger partial charge in [-0.25, -0.2) is 0 Å². The number of hydrogen-bond donors (Lipinski definition) is 9. The summed E-state index contributed by atoms with van der Waals surface area (Å²) < 4.78 is 0. The molecule has 1 heterocycles. The molecule has 0 aliphatic heterocycles. The van der Waals surface area contributed by atoms with E-state index in [4.69, 9.17) is 0 Å². The number of ketones is 1. The number of H-pyrrole nitrogens is 1. The quantitative estimate of drug-likeness (QED) is 0.0383. The average molecular weight is 954 g/mol. The number of rotatable bonds is 35. The maximum Gasteiger partial charge on any atom is 0.305 e. The molecule has 17 heteroatoms. The lowest BCUT2D eigenvalue weighted by molar-refractivity contribution is -0.140. The maximum absolute atomic E-state index is 14.1. The van der Waals surface area contributed by atoms with E-state index in [1.807, 2.05) is 38.1 Å². The Labute approximate surface area is 403 Å². The van der Waals surface area contributed by atoms with E-state index in [2.05, 4.69) is 43.8 Å². The number of benzene rings is 1. The fraction of sp³-hybridized carbons (Fsp3) is 0.686. The molecular weight excluding hydrogens is 871 g/mol. The van der Waals surface area contributed by atoms with Gasteiger partial charge in [0.25, 0.3) is 0 Å². The van der Waals surface area contributed by atoms with Crippen molar-refractivity contribution >= 4 is 58.1 Å². The number of aliphatic hydroxyl groups excluding tert-OH is 1. The van der Waals surface area contributed by atoms with Crippen LogP contribution in [0.5, 0.6) is 0 Å². The third-order valence-electron chi connectivity index (χ3n) is 11.9. The molecule has 17 nitrogen and oxygen atoms in total. The lowest BCUT2D eigenvalue weighted by Gasteiger charge is -2.28. The zero-order valence-electron chi connectivity index (χ0n) is 42.0. The molecule has 0 bridgehead atoms. The van der Waals surface area contributed by atoms with Gasteiger partial charge in [-0.05, 0) is 63.5 Å². The first-order valence-corrected chi connectivity index (χ1v) is 25.0. The Morgan fingerprint density at radius 1 is 0.574 bits per heavy atom. The molecule has 0 saturated carbocycles. The van der Waals surface area contributed by atoms with Gasteiger partial charge < -0.3 is 47.1 Å². The van der Waals surface area contributed by atoms with Crippen molar-refractivity contribution in [3.8, 4) is 0 Å².